The minimum atomic E-state index is -1.09. The summed E-state index contributed by atoms with van der Waals surface area (Å²) in [6.07, 6.45) is 0. The normalized spacial score (nSPS) is 15.1. The molecule has 3 N–H and O–H groups in total. The van der Waals surface area contributed by atoms with Crippen molar-refractivity contribution < 1.29 is 13.9 Å². The van der Waals surface area contributed by atoms with Gasteiger partial charge in [-0.25, -0.2) is 8.78 Å². The Morgan fingerprint density at radius 1 is 1.40 bits per heavy atom. The van der Waals surface area contributed by atoms with Gasteiger partial charge in [-0.15, -0.1) is 0 Å². The van der Waals surface area contributed by atoms with Crippen LogP contribution in [-0.4, -0.2) is 18.3 Å². The Bertz CT molecular complexity index is 343. The number of halogens is 3. The number of hydrogen-bond donors (Lipinski definition) is 2. The Morgan fingerprint density at radius 3 is 2.20 bits per heavy atom. The van der Waals surface area contributed by atoms with Gasteiger partial charge < -0.3 is 10.8 Å². The molecule has 2 nitrogen and oxygen atoms in total. The minimum absolute atomic E-state index is 0.0288. The molecule has 5 heteroatoms. The molecule has 0 heterocycles. The average Bonchev–Trinajstić information content (AvgIpc) is 2.15. The van der Waals surface area contributed by atoms with Crippen LogP contribution in [0.1, 0.15) is 12.5 Å². The highest BCUT2D eigenvalue weighted by Crippen LogP contribution is 2.29. The van der Waals surface area contributed by atoms with Crippen LogP contribution in [0.5, 0.6) is 0 Å². The topological polar surface area (TPSA) is 46.2 Å². The van der Waals surface area contributed by atoms with Crippen molar-refractivity contribution in [1.29, 1.82) is 0 Å². The van der Waals surface area contributed by atoms with E-state index in [1.165, 1.54) is 6.92 Å². The Labute approximate surface area is 95.2 Å². The molecule has 0 aliphatic carbocycles. The molecule has 15 heavy (non-hydrogen) atoms. The monoisotopic (exact) mass is 279 g/mol. The van der Waals surface area contributed by atoms with Gasteiger partial charge in [-0.2, -0.15) is 0 Å². The van der Waals surface area contributed by atoms with Crippen LogP contribution in [0.15, 0.2) is 16.6 Å². The third kappa shape index (κ3) is 2.35. The van der Waals surface area contributed by atoms with Crippen LogP contribution in [0.4, 0.5) is 8.78 Å². The summed E-state index contributed by atoms with van der Waals surface area (Å²) in [5.41, 5.74) is 4.16. The van der Waals surface area contributed by atoms with E-state index >= 15 is 0 Å². The third-order valence-corrected chi connectivity index (χ3v) is 2.87. The van der Waals surface area contributed by atoms with Crippen LogP contribution >= 0.6 is 15.9 Å². The van der Waals surface area contributed by atoms with E-state index in [-0.39, 0.29) is 12.1 Å². The van der Waals surface area contributed by atoms with Gasteiger partial charge in [0.2, 0.25) is 0 Å². The average molecular weight is 280 g/mol. The largest absolute Gasteiger partial charge is 0.395 e. The van der Waals surface area contributed by atoms with Crippen molar-refractivity contribution >= 4 is 15.9 Å². The van der Waals surface area contributed by atoms with Gasteiger partial charge in [0.1, 0.15) is 11.6 Å². The van der Waals surface area contributed by atoms with Crippen molar-refractivity contribution in [2.24, 2.45) is 5.73 Å². The lowest BCUT2D eigenvalue weighted by molar-refractivity contribution is 0.202. The molecule has 0 saturated heterocycles. The fourth-order valence-corrected chi connectivity index (χ4v) is 1.77. The number of benzene rings is 1. The van der Waals surface area contributed by atoms with Gasteiger partial charge in [0.05, 0.1) is 6.61 Å². The van der Waals surface area contributed by atoms with Crippen molar-refractivity contribution in [2.45, 2.75) is 12.3 Å². The van der Waals surface area contributed by atoms with E-state index in [9.17, 15) is 8.78 Å². The van der Waals surface area contributed by atoms with Gasteiger partial charge >= 0.3 is 0 Å². The molecule has 0 aliphatic heterocycles. The molecule has 0 aromatic heterocycles. The quantitative estimate of drug-likeness (QED) is 0.888. The molecular weight excluding hydrogens is 268 g/mol. The van der Waals surface area contributed by atoms with E-state index in [0.717, 1.165) is 12.1 Å². The lowest BCUT2D eigenvalue weighted by atomic mass is 9.82. The van der Waals surface area contributed by atoms with Crippen LogP contribution < -0.4 is 5.73 Å². The van der Waals surface area contributed by atoms with E-state index < -0.39 is 23.7 Å². The van der Waals surface area contributed by atoms with Crippen LogP contribution in [0.25, 0.3) is 0 Å². The fraction of sp³-hybridized carbons (Fsp3) is 0.400. The lowest BCUT2D eigenvalue weighted by Gasteiger charge is -2.26. The highest BCUT2D eigenvalue weighted by molar-refractivity contribution is 9.10. The molecule has 0 saturated carbocycles. The summed E-state index contributed by atoms with van der Waals surface area (Å²) in [7, 11) is 0. The Balaban J connectivity index is 3.36. The third-order valence-electron chi connectivity index (χ3n) is 2.41. The SMILES string of the molecule is CC(CN)(CO)c1c(F)cc(Br)cc1F. The van der Waals surface area contributed by atoms with E-state index in [0.29, 0.717) is 4.47 Å². The Kier molecular flexibility index (Phi) is 3.81. The molecule has 1 rings (SSSR count). The Morgan fingerprint density at radius 2 is 1.87 bits per heavy atom. The fourth-order valence-electron chi connectivity index (χ4n) is 1.36. The molecule has 0 amide bonds. The van der Waals surface area contributed by atoms with E-state index in [1.54, 1.807) is 0 Å². The van der Waals surface area contributed by atoms with Crippen molar-refractivity contribution in [3.8, 4) is 0 Å². The minimum Gasteiger partial charge on any atom is -0.395 e. The predicted octanol–water partition coefficient (Wildman–Crippen LogP) is 1.94. The second-order valence-corrected chi connectivity index (χ2v) is 4.58. The molecule has 84 valence electrons. The number of nitrogens with two attached hydrogens (primary N) is 1. The molecule has 0 fully saturated rings. The van der Waals surface area contributed by atoms with Gasteiger partial charge in [-0.1, -0.05) is 22.9 Å². The van der Waals surface area contributed by atoms with Gasteiger partial charge in [-0.3, -0.25) is 0 Å². The summed E-state index contributed by atoms with van der Waals surface area (Å²) in [6.45, 7) is 1.08. The molecule has 0 aliphatic rings. The number of hydrogen-bond acceptors (Lipinski definition) is 2. The maximum atomic E-state index is 13.5. The zero-order valence-electron chi connectivity index (χ0n) is 8.23. The van der Waals surface area contributed by atoms with Crippen LogP contribution in [-0.2, 0) is 5.41 Å². The smallest absolute Gasteiger partial charge is 0.131 e. The maximum Gasteiger partial charge on any atom is 0.131 e. The molecule has 1 aromatic carbocycles. The van der Waals surface area contributed by atoms with Gasteiger partial charge in [-0.05, 0) is 12.1 Å². The van der Waals surface area contributed by atoms with Gasteiger partial charge in [0.25, 0.3) is 0 Å². The number of rotatable bonds is 3. The van der Waals surface area contributed by atoms with Crippen LogP contribution in [0.2, 0.25) is 0 Å². The zero-order chi connectivity index (χ0) is 11.6. The van der Waals surface area contributed by atoms with Crippen molar-refractivity contribution in [1.82, 2.24) is 0 Å². The molecule has 0 spiro atoms. The van der Waals surface area contributed by atoms with E-state index in [2.05, 4.69) is 15.9 Å². The number of aliphatic hydroxyl groups excluding tert-OH is 1. The maximum absolute atomic E-state index is 13.5. The summed E-state index contributed by atoms with van der Waals surface area (Å²) in [5.74, 6) is -1.41. The first-order valence-corrected chi connectivity index (χ1v) is 5.20. The zero-order valence-corrected chi connectivity index (χ0v) is 9.81. The summed E-state index contributed by atoms with van der Waals surface area (Å²) >= 11 is 2.98. The molecule has 1 aromatic rings. The predicted molar refractivity (Wildman–Crippen MR) is 57.6 cm³/mol. The molecule has 1 atom stereocenters. The second kappa shape index (κ2) is 4.55. The summed E-state index contributed by atoms with van der Waals surface area (Å²) in [6, 6.07) is 2.31. The van der Waals surface area contributed by atoms with Crippen LogP contribution in [0, 0.1) is 11.6 Å². The first-order valence-electron chi connectivity index (χ1n) is 4.40. The van der Waals surface area contributed by atoms with Crippen molar-refractivity contribution in [2.75, 3.05) is 13.2 Å². The van der Waals surface area contributed by atoms with Crippen molar-refractivity contribution in [3.63, 3.8) is 0 Å². The van der Waals surface area contributed by atoms with Gasteiger partial charge in [0.15, 0.2) is 0 Å². The second-order valence-electron chi connectivity index (χ2n) is 3.67. The van der Waals surface area contributed by atoms with Gasteiger partial charge in [0, 0.05) is 22.0 Å². The molecule has 0 radical (unpaired) electrons. The first-order chi connectivity index (χ1) is 6.94. The summed E-state index contributed by atoms with van der Waals surface area (Å²) in [4.78, 5) is 0. The Hall–Kier alpha value is -0.520. The van der Waals surface area contributed by atoms with Crippen molar-refractivity contribution in [3.05, 3.63) is 33.8 Å². The number of aliphatic hydroxyl groups is 1. The first kappa shape index (κ1) is 12.5. The highest BCUT2D eigenvalue weighted by Gasteiger charge is 2.31. The van der Waals surface area contributed by atoms with Crippen LogP contribution in [0.3, 0.4) is 0 Å². The molecular formula is C10H12BrF2NO. The summed E-state index contributed by atoms with van der Waals surface area (Å²) in [5, 5.41) is 9.13. The van der Waals surface area contributed by atoms with E-state index in [1.807, 2.05) is 0 Å². The molecule has 1 unspecified atom stereocenters. The summed E-state index contributed by atoms with van der Waals surface area (Å²) < 4.78 is 27.4. The molecule has 0 bridgehead atoms. The van der Waals surface area contributed by atoms with E-state index in [4.69, 9.17) is 10.8 Å². The standard InChI is InChI=1S/C10H12BrF2NO/c1-10(4-14,5-15)9-7(12)2-6(11)3-8(9)13/h2-3,15H,4-5,14H2,1H3. The lowest BCUT2D eigenvalue weighted by Crippen LogP contribution is -2.37. The highest BCUT2D eigenvalue weighted by atomic mass is 79.9.